The Morgan fingerprint density at radius 3 is 2.26 bits per heavy atom. The summed E-state index contributed by atoms with van der Waals surface area (Å²) in [4.78, 5) is 12.6. The Hall–Kier alpha value is -1.35. The van der Waals surface area contributed by atoms with Crippen LogP contribution in [0.5, 0.6) is 0 Å². The molecule has 2 aromatic rings. The van der Waals surface area contributed by atoms with Gasteiger partial charge < -0.3 is 10.2 Å². The molecule has 0 aliphatic carbocycles. The normalized spacial score (nSPS) is 14.0. The molecule has 122 valence electrons. The number of carboxylic acid groups (broad SMARTS) is 1. The van der Waals surface area contributed by atoms with E-state index in [1.165, 1.54) is 4.90 Å². The van der Waals surface area contributed by atoms with Crippen LogP contribution in [0.1, 0.15) is 12.0 Å². The topological polar surface area (TPSA) is 57.5 Å². The van der Waals surface area contributed by atoms with Crippen LogP contribution in [0.4, 0.5) is 0 Å². The third kappa shape index (κ3) is 5.98. The zero-order chi connectivity index (χ0) is 16.5. The molecule has 2 atom stereocenters. The molecular weight excluding hydrogens is 327 g/mol. The van der Waals surface area contributed by atoms with Crippen LogP contribution in [0.15, 0.2) is 65.6 Å². The molecular formula is C18H21O3PS. The highest BCUT2D eigenvalue weighted by Crippen LogP contribution is 2.30. The van der Waals surface area contributed by atoms with Crippen LogP contribution in [0.25, 0.3) is 0 Å². The molecule has 3 nitrogen and oxygen atoms in total. The molecule has 2 rings (SSSR count). The molecule has 0 bridgehead atoms. The van der Waals surface area contributed by atoms with Crippen molar-refractivity contribution < 1.29 is 15.0 Å². The molecule has 0 aromatic heterocycles. The highest BCUT2D eigenvalue weighted by atomic mass is 32.2. The van der Waals surface area contributed by atoms with Crippen molar-refractivity contribution in [2.75, 3.05) is 11.7 Å². The van der Waals surface area contributed by atoms with Crippen LogP contribution in [0.3, 0.4) is 0 Å². The van der Waals surface area contributed by atoms with Gasteiger partial charge in [0.05, 0.1) is 0 Å². The fourth-order valence-corrected chi connectivity index (χ4v) is 4.75. The number of carboxylic acids is 1. The Labute approximate surface area is 142 Å². The van der Waals surface area contributed by atoms with Crippen LogP contribution in [-0.2, 0) is 11.2 Å². The lowest BCUT2D eigenvalue weighted by atomic mass is 9.97. The second kappa shape index (κ2) is 9.07. The second-order valence-corrected chi connectivity index (χ2v) is 8.12. The SMILES string of the molecule is O=C(O)C(O)(CCc1ccccc1)CPCSc1ccccc1. The van der Waals surface area contributed by atoms with E-state index in [1.54, 1.807) is 11.8 Å². The van der Waals surface area contributed by atoms with Gasteiger partial charge in [-0.15, -0.1) is 20.3 Å². The third-order valence-electron chi connectivity index (χ3n) is 3.57. The largest absolute Gasteiger partial charge is 0.479 e. The molecule has 2 N–H and O–H groups in total. The van der Waals surface area contributed by atoms with Crippen molar-refractivity contribution in [1.82, 2.24) is 0 Å². The first-order chi connectivity index (χ1) is 11.1. The van der Waals surface area contributed by atoms with Crippen LogP contribution in [-0.4, -0.2) is 33.4 Å². The summed E-state index contributed by atoms with van der Waals surface area (Å²) >= 11 is 1.70. The number of rotatable bonds is 9. The molecule has 0 aliphatic rings. The number of aryl methyl sites for hydroxylation is 1. The summed E-state index contributed by atoms with van der Waals surface area (Å²) in [6.07, 6.45) is 1.12. The predicted octanol–water partition coefficient (Wildman–Crippen LogP) is 3.86. The number of aliphatic hydroxyl groups is 1. The summed E-state index contributed by atoms with van der Waals surface area (Å²) < 4.78 is 0. The molecule has 5 heteroatoms. The number of hydrogen-bond donors (Lipinski definition) is 2. The highest BCUT2D eigenvalue weighted by molar-refractivity contribution is 8.03. The van der Waals surface area contributed by atoms with E-state index in [0.29, 0.717) is 21.2 Å². The lowest BCUT2D eigenvalue weighted by Crippen LogP contribution is -2.41. The van der Waals surface area contributed by atoms with E-state index >= 15 is 0 Å². The first-order valence-corrected chi connectivity index (χ1v) is 9.88. The third-order valence-corrected chi connectivity index (χ3v) is 6.40. The Morgan fingerprint density at radius 2 is 1.65 bits per heavy atom. The molecule has 0 radical (unpaired) electrons. The maximum Gasteiger partial charge on any atom is 0.336 e. The molecule has 0 saturated carbocycles. The van der Waals surface area contributed by atoms with Gasteiger partial charge in [-0.3, -0.25) is 0 Å². The lowest BCUT2D eigenvalue weighted by molar-refractivity contribution is -0.156. The van der Waals surface area contributed by atoms with Gasteiger partial charge in [-0.25, -0.2) is 4.79 Å². The summed E-state index contributed by atoms with van der Waals surface area (Å²) in [5.41, 5.74) is 0.241. The Kier molecular flexibility index (Phi) is 7.10. The standard InChI is InChI=1S/C18H21O3PS/c19-17(20)18(21,12-11-15-7-3-1-4-8-15)13-22-14-23-16-9-5-2-6-10-16/h1-10,21-22H,11-14H2,(H,19,20). The van der Waals surface area contributed by atoms with Crippen molar-refractivity contribution in [1.29, 1.82) is 0 Å². The number of benzene rings is 2. The minimum atomic E-state index is -1.63. The van der Waals surface area contributed by atoms with Crippen molar-refractivity contribution in [3.63, 3.8) is 0 Å². The van der Waals surface area contributed by atoms with Gasteiger partial charge in [0, 0.05) is 16.6 Å². The number of carbonyl (C=O) groups is 1. The summed E-state index contributed by atoms with van der Waals surface area (Å²) in [5, 5.41) is 19.8. The number of thioether (sulfide) groups is 1. The molecule has 0 saturated heterocycles. The van der Waals surface area contributed by atoms with Gasteiger partial charge in [-0.1, -0.05) is 48.5 Å². The van der Waals surface area contributed by atoms with E-state index in [-0.39, 0.29) is 6.42 Å². The summed E-state index contributed by atoms with van der Waals surface area (Å²) in [6, 6.07) is 19.7. The van der Waals surface area contributed by atoms with Crippen molar-refractivity contribution in [2.24, 2.45) is 0 Å². The van der Waals surface area contributed by atoms with Crippen molar-refractivity contribution in [3.8, 4) is 0 Å². The van der Waals surface area contributed by atoms with E-state index in [4.69, 9.17) is 0 Å². The van der Waals surface area contributed by atoms with Crippen molar-refractivity contribution >= 4 is 26.3 Å². The maximum atomic E-state index is 11.5. The monoisotopic (exact) mass is 348 g/mol. The highest BCUT2D eigenvalue weighted by Gasteiger charge is 2.34. The quantitative estimate of drug-likeness (QED) is 0.410. The lowest BCUT2D eigenvalue weighted by Gasteiger charge is -2.23. The average Bonchev–Trinajstić information content (AvgIpc) is 2.59. The minimum Gasteiger partial charge on any atom is -0.479 e. The molecule has 2 aromatic carbocycles. The fraction of sp³-hybridized carbons (Fsp3) is 0.278. The predicted molar refractivity (Wildman–Crippen MR) is 97.7 cm³/mol. The Bertz CT molecular complexity index is 606. The van der Waals surface area contributed by atoms with Gasteiger partial charge in [-0.05, 0) is 30.5 Å². The molecule has 0 spiro atoms. The Balaban J connectivity index is 1.81. The Morgan fingerprint density at radius 1 is 1.04 bits per heavy atom. The molecule has 0 amide bonds. The zero-order valence-corrected chi connectivity index (χ0v) is 14.6. The number of hydrogen-bond acceptors (Lipinski definition) is 3. The zero-order valence-electron chi connectivity index (χ0n) is 12.8. The smallest absolute Gasteiger partial charge is 0.336 e. The molecule has 2 unspecified atom stereocenters. The van der Waals surface area contributed by atoms with E-state index in [2.05, 4.69) is 0 Å². The summed E-state index contributed by atoms with van der Waals surface area (Å²) in [7, 11) is 0.402. The summed E-state index contributed by atoms with van der Waals surface area (Å²) in [5.74, 6) is -1.12. The van der Waals surface area contributed by atoms with E-state index in [0.717, 1.165) is 11.1 Å². The van der Waals surface area contributed by atoms with Gasteiger partial charge in [0.1, 0.15) is 0 Å². The molecule has 23 heavy (non-hydrogen) atoms. The molecule has 0 aliphatic heterocycles. The first-order valence-electron chi connectivity index (χ1n) is 7.48. The van der Waals surface area contributed by atoms with Crippen LogP contribution >= 0.6 is 20.3 Å². The maximum absolute atomic E-state index is 11.5. The van der Waals surface area contributed by atoms with E-state index in [1.807, 2.05) is 60.7 Å². The van der Waals surface area contributed by atoms with E-state index in [9.17, 15) is 15.0 Å². The van der Waals surface area contributed by atoms with Crippen LogP contribution in [0, 0.1) is 0 Å². The van der Waals surface area contributed by atoms with Crippen LogP contribution in [0.2, 0.25) is 0 Å². The van der Waals surface area contributed by atoms with E-state index < -0.39 is 11.6 Å². The van der Waals surface area contributed by atoms with Gasteiger partial charge >= 0.3 is 5.97 Å². The first kappa shape index (κ1) is 18.0. The second-order valence-electron chi connectivity index (χ2n) is 5.35. The van der Waals surface area contributed by atoms with Gasteiger partial charge in [0.15, 0.2) is 5.60 Å². The van der Waals surface area contributed by atoms with Gasteiger partial charge in [0.2, 0.25) is 0 Å². The average molecular weight is 348 g/mol. The minimum absolute atomic E-state index is 0.245. The number of aliphatic carboxylic acids is 1. The molecule has 0 heterocycles. The van der Waals surface area contributed by atoms with Crippen molar-refractivity contribution in [2.45, 2.75) is 23.3 Å². The van der Waals surface area contributed by atoms with Crippen molar-refractivity contribution in [3.05, 3.63) is 66.2 Å². The van der Waals surface area contributed by atoms with Gasteiger partial charge in [0.25, 0.3) is 0 Å². The van der Waals surface area contributed by atoms with Crippen LogP contribution < -0.4 is 0 Å². The summed E-state index contributed by atoms with van der Waals surface area (Å²) in [6.45, 7) is 0. The fourth-order valence-electron chi connectivity index (χ4n) is 2.18. The van der Waals surface area contributed by atoms with Gasteiger partial charge in [-0.2, -0.15) is 0 Å². The molecule has 0 fully saturated rings.